The molecule has 3 rings (SSSR count). The summed E-state index contributed by atoms with van der Waals surface area (Å²) in [5.74, 6) is 0.690. The zero-order valence-corrected chi connectivity index (χ0v) is 15.5. The van der Waals surface area contributed by atoms with Gasteiger partial charge in [0, 0.05) is 23.5 Å². The van der Waals surface area contributed by atoms with E-state index in [1.54, 1.807) is 11.3 Å². The molecule has 1 aromatic carbocycles. The number of thiazole rings is 1. The second-order valence-corrected chi connectivity index (χ2v) is 7.34. The molecule has 0 radical (unpaired) electrons. The lowest BCUT2D eigenvalue weighted by molar-refractivity contribution is 0.164. The predicted molar refractivity (Wildman–Crippen MR) is 101 cm³/mol. The molecule has 1 aliphatic rings. The first kappa shape index (κ1) is 18.4. The van der Waals surface area contributed by atoms with Crippen molar-refractivity contribution < 1.29 is 0 Å². The standard InChI is InChI=1S/C18H25N3S.ClH/c1-13-3-5-16(6-4-13)18-20-17(12-22-18)11-21-9-7-15(8-10-21)14(2)19;/h3-6,12,14-15H,7-11,19H2,1-2H3;1H. The van der Waals surface area contributed by atoms with Crippen LogP contribution >= 0.6 is 23.7 Å². The third kappa shape index (κ3) is 4.77. The first-order valence-corrected chi connectivity index (χ1v) is 8.99. The van der Waals surface area contributed by atoms with Crippen LogP contribution in [0.3, 0.4) is 0 Å². The first-order chi connectivity index (χ1) is 10.6. The highest BCUT2D eigenvalue weighted by molar-refractivity contribution is 7.13. The monoisotopic (exact) mass is 351 g/mol. The maximum absolute atomic E-state index is 6.01. The van der Waals surface area contributed by atoms with E-state index in [1.807, 2.05) is 0 Å². The van der Waals surface area contributed by atoms with E-state index in [0.717, 1.165) is 24.6 Å². The Labute approximate surface area is 149 Å². The fourth-order valence-corrected chi connectivity index (χ4v) is 3.89. The van der Waals surface area contributed by atoms with Gasteiger partial charge in [-0.1, -0.05) is 29.8 Å². The Morgan fingerprint density at radius 3 is 2.52 bits per heavy atom. The van der Waals surface area contributed by atoms with E-state index >= 15 is 0 Å². The van der Waals surface area contributed by atoms with Gasteiger partial charge in [0.25, 0.3) is 0 Å². The average Bonchev–Trinajstić information content (AvgIpc) is 2.97. The third-order valence-electron chi connectivity index (χ3n) is 4.61. The van der Waals surface area contributed by atoms with Crippen molar-refractivity contribution >= 4 is 23.7 Å². The van der Waals surface area contributed by atoms with E-state index in [9.17, 15) is 0 Å². The smallest absolute Gasteiger partial charge is 0.123 e. The van der Waals surface area contributed by atoms with Gasteiger partial charge in [0.05, 0.1) is 5.69 Å². The van der Waals surface area contributed by atoms with Crippen molar-refractivity contribution in [1.29, 1.82) is 0 Å². The van der Waals surface area contributed by atoms with Gasteiger partial charge in [-0.25, -0.2) is 4.98 Å². The van der Waals surface area contributed by atoms with Crippen LogP contribution < -0.4 is 5.73 Å². The molecular formula is C18H26ClN3S. The largest absolute Gasteiger partial charge is 0.328 e. The van der Waals surface area contributed by atoms with E-state index < -0.39 is 0 Å². The third-order valence-corrected chi connectivity index (χ3v) is 5.55. The summed E-state index contributed by atoms with van der Waals surface area (Å²) in [5.41, 5.74) is 9.72. The minimum atomic E-state index is 0. The first-order valence-electron chi connectivity index (χ1n) is 8.11. The van der Waals surface area contributed by atoms with Crippen LogP contribution in [0.2, 0.25) is 0 Å². The lowest BCUT2D eigenvalue weighted by Crippen LogP contribution is -2.39. The summed E-state index contributed by atoms with van der Waals surface area (Å²) in [4.78, 5) is 7.32. The summed E-state index contributed by atoms with van der Waals surface area (Å²) in [6.07, 6.45) is 2.43. The van der Waals surface area contributed by atoms with Gasteiger partial charge in [0.1, 0.15) is 5.01 Å². The van der Waals surface area contributed by atoms with Crippen LogP contribution in [-0.4, -0.2) is 29.0 Å². The van der Waals surface area contributed by atoms with Crippen LogP contribution in [0.25, 0.3) is 10.6 Å². The molecule has 0 aliphatic carbocycles. The number of aryl methyl sites for hydroxylation is 1. The Morgan fingerprint density at radius 1 is 1.26 bits per heavy atom. The van der Waals surface area contributed by atoms with E-state index in [0.29, 0.717) is 12.0 Å². The maximum atomic E-state index is 6.01. The lowest BCUT2D eigenvalue weighted by Gasteiger charge is -2.33. The molecule has 23 heavy (non-hydrogen) atoms. The zero-order valence-electron chi connectivity index (χ0n) is 13.9. The molecule has 1 aliphatic heterocycles. The molecular weight excluding hydrogens is 326 g/mol. The molecule has 0 saturated carbocycles. The van der Waals surface area contributed by atoms with E-state index in [2.05, 4.69) is 48.4 Å². The van der Waals surface area contributed by atoms with Gasteiger partial charge < -0.3 is 5.73 Å². The second kappa shape index (κ2) is 8.25. The highest BCUT2D eigenvalue weighted by Crippen LogP contribution is 2.26. The van der Waals surface area contributed by atoms with Gasteiger partial charge in [-0.05, 0) is 45.7 Å². The van der Waals surface area contributed by atoms with Crippen molar-refractivity contribution in [2.45, 2.75) is 39.3 Å². The number of likely N-dealkylation sites (tertiary alicyclic amines) is 1. The fraction of sp³-hybridized carbons (Fsp3) is 0.500. The lowest BCUT2D eigenvalue weighted by atomic mass is 9.91. The molecule has 1 atom stereocenters. The Morgan fingerprint density at radius 2 is 1.91 bits per heavy atom. The summed E-state index contributed by atoms with van der Waals surface area (Å²) in [7, 11) is 0. The van der Waals surface area contributed by atoms with Crippen LogP contribution in [0.4, 0.5) is 0 Å². The Balaban J connectivity index is 0.00000192. The number of nitrogens with zero attached hydrogens (tertiary/aromatic N) is 2. The van der Waals surface area contributed by atoms with E-state index in [-0.39, 0.29) is 12.4 Å². The van der Waals surface area contributed by atoms with Crippen molar-refractivity contribution in [3.05, 3.63) is 40.9 Å². The molecule has 0 bridgehead atoms. The number of rotatable bonds is 4. The van der Waals surface area contributed by atoms with Crippen molar-refractivity contribution in [2.75, 3.05) is 13.1 Å². The zero-order chi connectivity index (χ0) is 15.5. The van der Waals surface area contributed by atoms with Crippen molar-refractivity contribution in [1.82, 2.24) is 9.88 Å². The number of nitrogens with two attached hydrogens (primary N) is 1. The van der Waals surface area contributed by atoms with Crippen LogP contribution in [0.15, 0.2) is 29.6 Å². The minimum Gasteiger partial charge on any atom is -0.328 e. The average molecular weight is 352 g/mol. The molecule has 0 amide bonds. The number of hydrogen-bond acceptors (Lipinski definition) is 4. The summed E-state index contributed by atoms with van der Waals surface area (Å²) in [6.45, 7) is 7.50. The second-order valence-electron chi connectivity index (χ2n) is 6.48. The number of halogens is 1. The summed E-state index contributed by atoms with van der Waals surface area (Å²) in [6, 6.07) is 8.94. The van der Waals surface area contributed by atoms with Crippen molar-refractivity contribution in [3.63, 3.8) is 0 Å². The van der Waals surface area contributed by atoms with Gasteiger partial charge >= 0.3 is 0 Å². The molecule has 0 spiro atoms. The van der Waals surface area contributed by atoms with Gasteiger partial charge in [-0.2, -0.15) is 0 Å². The normalized spacial score (nSPS) is 17.7. The number of benzene rings is 1. The number of piperidine rings is 1. The van der Waals surface area contributed by atoms with Crippen LogP contribution in [-0.2, 0) is 6.54 Å². The van der Waals surface area contributed by atoms with Gasteiger partial charge in [0.15, 0.2) is 0 Å². The van der Waals surface area contributed by atoms with Crippen LogP contribution in [0, 0.1) is 12.8 Å². The highest BCUT2D eigenvalue weighted by atomic mass is 35.5. The molecule has 5 heteroatoms. The van der Waals surface area contributed by atoms with Gasteiger partial charge in [0.2, 0.25) is 0 Å². The molecule has 2 heterocycles. The molecule has 1 unspecified atom stereocenters. The summed E-state index contributed by atoms with van der Waals surface area (Å²) < 4.78 is 0. The van der Waals surface area contributed by atoms with Gasteiger partial charge in [-0.3, -0.25) is 4.90 Å². The SMILES string of the molecule is Cc1ccc(-c2nc(CN3CCC(C(C)N)CC3)cs2)cc1.Cl. The molecule has 1 saturated heterocycles. The van der Waals surface area contributed by atoms with Crippen molar-refractivity contribution in [3.8, 4) is 10.6 Å². The molecule has 1 fully saturated rings. The minimum absolute atomic E-state index is 0. The topological polar surface area (TPSA) is 42.2 Å². The predicted octanol–water partition coefficient (Wildman–Crippen LogP) is 4.10. The van der Waals surface area contributed by atoms with E-state index in [1.165, 1.54) is 29.7 Å². The number of hydrogen-bond donors (Lipinski definition) is 1. The van der Waals surface area contributed by atoms with E-state index in [4.69, 9.17) is 10.7 Å². The highest BCUT2D eigenvalue weighted by Gasteiger charge is 2.22. The Kier molecular flexibility index (Phi) is 6.60. The van der Waals surface area contributed by atoms with Crippen molar-refractivity contribution in [2.24, 2.45) is 11.7 Å². The summed E-state index contributed by atoms with van der Waals surface area (Å²) >= 11 is 1.74. The molecule has 2 aromatic rings. The van der Waals surface area contributed by atoms with Crippen LogP contribution in [0.5, 0.6) is 0 Å². The molecule has 3 nitrogen and oxygen atoms in total. The number of aromatic nitrogens is 1. The maximum Gasteiger partial charge on any atom is 0.123 e. The summed E-state index contributed by atoms with van der Waals surface area (Å²) in [5, 5.41) is 3.33. The molecule has 126 valence electrons. The van der Waals surface area contributed by atoms with Crippen LogP contribution in [0.1, 0.15) is 31.0 Å². The fourth-order valence-electron chi connectivity index (χ4n) is 3.07. The molecule has 2 N–H and O–H groups in total. The molecule has 1 aromatic heterocycles. The Bertz CT molecular complexity index is 601. The quantitative estimate of drug-likeness (QED) is 0.901. The van der Waals surface area contributed by atoms with Gasteiger partial charge in [-0.15, -0.1) is 23.7 Å². The Hall–Kier alpha value is -0.940.